The summed E-state index contributed by atoms with van der Waals surface area (Å²) < 4.78 is 5.29. The zero-order valence-corrected chi connectivity index (χ0v) is 12.7. The first-order chi connectivity index (χ1) is 9.02. The number of ketones is 1. The summed E-state index contributed by atoms with van der Waals surface area (Å²) in [5.74, 6) is 0.773. The van der Waals surface area contributed by atoms with Crippen molar-refractivity contribution in [1.29, 1.82) is 0 Å². The van der Waals surface area contributed by atoms with E-state index in [9.17, 15) is 4.79 Å². The molecular formula is C15H15ClO2S. The van der Waals surface area contributed by atoms with Crippen molar-refractivity contribution in [1.82, 2.24) is 0 Å². The fourth-order valence-corrected chi connectivity index (χ4v) is 3.16. The number of methoxy groups -OCH3 is 1. The van der Waals surface area contributed by atoms with Crippen molar-refractivity contribution in [2.75, 3.05) is 7.11 Å². The smallest absolute Gasteiger partial charge is 0.178 e. The number of ether oxygens (including phenoxy) is 1. The topological polar surface area (TPSA) is 26.3 Å². The fourth-order valence-electron chi connectivity index (χ4n) is 1.92. The minimum absolute atomic E-state index is 0.0343. The molecule has 0 aliphatic carbocycles. The zero-order chi connectivity index (χ0) is 14.0. The average molecular weight is 295 g/mol. The number of Topliss-reactive ketones (excluding diaryl/α,β-unsaturated/α-hetero) is 1. The summed E-state index contributed by atoms with van der Waals surface area (Å²) in [4.78, 5) is 12.9. The third-order valence-electron chi connectivity index (χ3n) is 2.94. The van der Waals surface area contributed by atoms with Crippen molar-refractivity contribution in [3.63, 3.8) is 0 Å². The van der Waals surface area contributed by atoms with Gasteiger partial charge in [-0.3, -0.25) is 4.79 Å². The summed E-state index contributed by atoms with van der Waals surface area (Å²) in [6.07, 6.45) is 0.310. The minimum Gasteiger partial charge on any atom is -0.496 e. The van der Waals surface area contributed by atoms with E-state index >= 15 is 0 Å². The normalized spacial score (nSPS) is 10.5. The highest BCUT2D eigenvalue weighted by atomic mass is 35.5. The summed E-state index contributed by atoms with van der Waals surface area (Å²) in [6.45, 7) is 3.90. The number of carbonyl (C=O) groups excluding carboxylic acids is 1. The van der Waals surface area contributed by atoms with Gasteiger partial charge in [0.2, 0.25) is 0 Å². The summed E-state index contributed by atoms with van der Waals surface area (Å²) in [6, 6.07) is 5.83. The Balaban J connectivity index is 2.28. The van der Waals surface area contributed by atoms with Crippen molar-refractivity contribution in [3.05, 3.63) is 50.2 Å². The first-order valence-corrected chi connectivity index (χ1v) is 7.19. The summed E-state index contributed by atoms with van der Waals surface area (Å²) >= 11 is 7.53. The van der Waals surface area contributed by atoms with Gasteiger partial charge < -0.3 is 4.74 Å². The van der Waals surface area contributed by atoms with E-state index in [0.717, 1.165) is 22.4 Å². The number of hydrogen-bond acceptors (Lipinski definition) is 3. The second-order valence-corrected chi connectivity index (χ2v) is 5.73. The van der Waals surface area contributed by atoms with Crippen LogP contribution in [0.5, 0.6) is 5.75 Å². The number of carbonyl (C=O) groups is 1. The van der Waals surface area contributed by atoms with Gasteiger partial charge in [0, 0.05) is 12.0 Å². The van der Waals surface area contributed by atoms with Gasteiger partial charge in [-0.1, -0.05) is 29.3 Å². The van der Waals surface area contributed by atoms with Crippen molar-refractivity contribution in [2.24, 2.45) is 0 Å². The van der Waals surface area contributed by atoms with E-state index in [0.29, 0.717) is 16.3 Å². The van der Waals surface area contributed by atoms with Crippen molar-refractivity contribution < 1.29 is 9.53 Å². The molecule has 0 spiro atoms. The van der Waals surface area contributed by atoms with Gasteiger partial charge in [0.1, 0.15) is 5.75 Å². The molecule has 1 aromatic heterocycles. The van der Waals surface area contributed by atoms with Gasteiger partial charge in [0.05, 0.1) is 17.0 Å². The van der Waals surface area contributed by atoms with Crippen molar-refractivity contribution in [2.45, 2.75) is 20.3 Å². The third kappa shape index (κ3) is 2.99. The molecule has 0 N–H and O–H groups in total. The maximum atomic E-state index is 12.3. The van der Waals surface area contributed by atoms with Crippen LogP contribution in [0.15, 0.2) is 23.6 Å². The maximum Gasteiger partial charge on any atom is 0.178 e. The Hall–Kier alpha value is -1.32. The summed E-state index contributed by atoms with van der Waals surface area (Å²) in [5, 5.41) is 2.48. The standard InChI is InChI=1S/C15H15ClO2S/c1-9-4-5-13(18-3)11(6-9)7-12(17)15-14(16)10(2)8-19-15/h4-6,8H,7H2,1-3H3. The first kappa shape index (κ1) is 14.1. The number of benzene rings is 1. The van der Waals surface area contributed by atoms with Crippen LogP contribution in [0.2, 0.25) is 5.02 Å². The number of hydrogen-bond donors (Lipinski definition) is 0. The molecule has 2 aromatic rings. The van der Waals surface area contributed by atoms with Gasteiger partial charge in [0.25, 0.3) is 0 Å². The molecule has 0 aliphatic heterocycles. The highest BCUT2D eigenvalue weighted by Crippen LogP contribution is 2.29. The lowest BCUT2D eigenvalue weighted by Gasteiger charge is -2.08. The monoisotopic (exact) mass is 294 g/mol. The highest BCUT2D eigenvalue weighted by Gasteiger charge is 2.17. The number of aryl methyl sites for hydroxylation is 2. The van der Waals surface area contributed by atoms with Gasteiger partial charge in [0.15, 0.2) is 5.78 Å². The van der Waals surface area contributed by atoms with Gasteiger partial charge in [-0.15, -0.1) is 11.3 Å². The van der Waals surface area contributed by atoms with Crippen LogP contribution in [-0.2, 0) is 6.42 Å². The number of halogens is 1. The molecule has 0 atom stereocenters. The van der Waals surface area contributed by atoms with Crippen LogP contribution in [0.25, 0.3) is 0 Å². The predicted octanol–water partition coefficient (Wildman–Crippen LogP) is 4.45. The van der Waals surface area contributed by atoms with E-state index in [1.807, 2.05) is 37.4 Å². The molecule has 4 heteroatoms. The Morgan fingerprint density at radius 2 is 2.11 bits per heavy atom. The van der Waals surface area contributed by atoms with Gasteiger partial charge >= 0.3 is 0 Å². The molecule has 19 heavy (non-hydrogen) atoms. The highest BCUT2D eigenvalue weighted by molar-refractivity contribution is 7.13. The Bertz CT molecular complexity index is 617. The van der Waals surface area contributed by atoms with Crippen LogP contribution < -0.4 is 4.74 Å². The number of rotatable bonds is 4. The fraction of sp³-hybridized carbons (Fsp3) is 0.267. The van der Waals surface area contributed by atoms with E-state index in [1.54, 1.807) is 7.11 Å². The predicted molar refractivity (Wildman–Crippen MR) is 79.8 cm³/mol. The molecule has 1 heterocycles. The molecule has 0 unspecified atom stereocenters. The van der Waals surface area contributed by atoms with E-state index in [2.05, 4.69) is 0 Å². The van der Waals surface area contributed by atoms with Crippen LogP contribution in [0, 0.1) is 13.8 Å². The largest absolute Gasteiger partial charge is 0.496 e. The molecule has 0 aliphatic rings. The van der Waals surface area contributed by atoms with Crippen LogP contribution in [0.3, 0.4) is 0 Å². The maximum absolute atomic E-state index is 12.3. The van der Waals surface area contributed by atoms with Crippen LogP contribution in [0.1, 0.15) is 26.4 Å². The minimum atomic E-state index is 0.0343. The molecule has 0 bridgehead atoms. The molecule has 0 fully saturated rings. The molecule has 2 nitrogen and oxygen atoms in total. The van der Waals surface area contributed by atoms with Gasteiger partial charge in [-0.05, 0) is 30.9 Å². The molecule has 2 rings (SSSR count). The summed E-state index contributed by atoms with van der Waals surface area (Å²) in [5.41, 5.74) is 2.96. The molecule has 0 saturated heterocycles. The zero-order valence-electron chi connectivity index (χ0n) is 11.1. The SMILES string of the molecule is COc1ccc(C)cc1CC(=O)c1scc(C)c1Cl. The van der Waals surface area contributed by atoms with Gasteiger partial charge in [-0.2, -0.15) is 0 Å². The Morgan fingerprint density at radius 1 is 1.37 bits per heavy atom. The lowest BCUT2D eigenvalue weighted by Crippen LogP contribution is -2.04. The van der Waals surface area contributed by atoms with Crippen LogP contribution >= 0.6 is 22.9 Å². The molecular weight excluding hydrogens is 280 g/mol. The second kappa shape index (κ2) is 5.76. The lowest BCUT2D eigenvalue weighted by atomic mass is 10.0. The van der Waals surface area contributed by atoms with Crippen LogP contribution in [0.4, 0.5) is 0 Å². The Morgan fingerprint density at radius 3 is 2.68 bits per heavy atom. The summed E-state index contributed by atoms with van der Waals surface area (Å²) in [7, 11) is 1.61. The molecule has 1 aromatic carbocycles. The Labute approximate surface area is 122 Å². The lowest BCUT2D eigenvalue weighted by molar-refractivity contribution is 0.0996. The van der Waals surface area contributed by atoms with E-state index in [1.165, 1.54) is 11.3 Å². The van der Waals surface area contributed by atoms with Crippen molar-refractivity contribution in [3.8, 4) is 5.75 Å². The molecule has 0 radical (unpaired) electrons. The average Bonchev–Trinajstić information content (AvgIpc) is 2.70. The van der Waals surface area contributed by atoms with Crippen LogP contribution in [-0.4, -0.2) is 12.9 Å². The first-order valence-electron chi connectivity index (χ1n) is 5.93. The van der Waals surface area contributed by atoms with E-state index in [-0.39, 0.29) is 5.78 Å². The molecule has 0 amide bonds. The molecule has 0 saturated carbocycles. The third-order valence-corrected chi connectivity index (χ3v) is 4.68. The quantitative estimate of drug-likeness (QED) is 0.779. The van der Waals surface area contributed by atoms with Crippen molar-refractivity contribution >= 4 is 28.7 Å². The van der Waals surface area contributed by atoms with E-state index in [4.69, 9.17) is 16.3 Å². The molecule has 100 valence electrons. The second-order valence-electron chi connectivity index (χ2n) is 4.48. The van der Waals surface area contributed by atoms with E-state index < -0.39 is 0 Å². The number of thiophene rings is 1. The Kier molecular flexibility index (Phi) is 4.27. The van der Waals surface area contributed by atoms with Gasteiger partial charge in [-0.25, -0.2) is 0 Å².